The van der Waals surface area contributed by atoms with Crippen LogP contribution in [0.15, 0.2) is 60.0 Å². The minimum atomic E-state index is -0.142. The molecule has 0 spiro atoms. The summed E-state index contributed by atoms with van der Waals surface area (Å²) in [6.07, 6.45) is 0.765. The Labute approximate surface area is 146 Å². The lowest BCUT2D eigenvalue weighted by molar-refractivity contribution is -0.117. The van der Waals surface area contributed by atoms with Crippen molar-refractivity contribution >= 4 is 22.9 Å². The van der Waals surface area contributed by atoms with Crippen molar-refractivity contribution in [3.63, 3.8) is 0 Å². The van der Waals surface area contributed by atoms with Crippen LogP contribution in [-0.4, -0.2) is 10.9 Å². The smallest absolute Gasteiger partial charge is 0.231 e. The normalized spacial score (nSPS) is 11.9. The quantitative estimate of drug-likeness (QED) is 0.691. The van der Waals surface area contributed by atoms with Crippen LogP contribution in [0.3, 0.4) is 0 Å². The molecule has 1 N–H and O–H groups in total. The van der Waals surface area contributed by atoms with E-state index in [2.05, 4.69) is 10.3 Å². The van der Waals surface area contributed by atoms with Gasteiger partial charge in [-0.2, -0.15) is 0 Å². The molecule has 24 heavy (non-hydrogen) atoms. The van der Waals surface area contributed by atoms with E-state index in [1.165, 1.54) is 0 Å². The Morgan fingerprint density at radius 1 is 1.17 bits per heavy atom. The van der Waals surface area contributed by atoms with E-state index in [1.807, 2.05) is 73.8 Å². The average molecular weight is 336 g/mol. The van der Waals surface area contributed by atoms with Crippen molar-refractivity contribution in [3.8, 4) is 11.3 Å². The standard InChI is InChI=1S/C20H20N2OS/c1-3-18(15-8-5-4-6-9-15)20(23)22-17-11-7-10-16(12-17)19-13-24-14(2)21-19/h4-13,18H,3H2,1-2H3,(H,22,23)/t18-/m0/s1. The third-order valence-corrected chi connectivity index (χ3v) is 4.75. The Balaban J connectivity index is 1.79. The van der Waals surface area contributed by atoms with Crippen LogP contribution >= 0.6 is 11.3 Å². The van der Waals surface area contributed by atoms with E-state index >= 15 is 0 Å². The number of aryl methyl sites for hydroxylation is 1. The lowest BCUT2D eigenvalue weighted by Gasteiger charge is -2.15. The van der Waals surface area contributed by atoms with Gasteiger partial charge in [-0.3, -0.25) is 4.79 Å². The summed E-state index contributed by atoms with van der Waals surface area (Å²) in [5, 5.41) is 6.12. The van der Waals surface area contributed by atoms with Gasteiger partial charge >= 0.3 is 0 Å². The summed E-state index contributed by atoms with van der Waals surface area (Å²) >= 11 is 1.63. The highest BCUT2D eigenvalue weighted by molar-refractivity contribution is 7.09. The molecule has 0 unspecified atom stereocenters. The monoisotopic (exact) mass is 336 g/mol. The topological polar surface area (TPSA) is 42.0 Å². The van der Waals surface area contributed by atoms with Crippen LogP contribution in [0.25, 0.3) is 11.3 Å². The van der Waals surface area contributed by atoms with Gasteiger partial charge in [0.05, 0.1) is 16.6 Å². The molecular formula is C20H20N2OS. The molecule has 0 aliphatic heterocycles. The Morgan fingerprint density at radius 2 is 1.96 bits per heavy atom. The van der Waals surface area contributed by atoms with Crippen LogP contribution < -0.4 is 5.32 Å². The SMILES string of the molecule is CC[C@H](C(=O)Nc1cccc(-c2csc(C)n2)c1)c1ccccc1. The maximum absolute atomic E-state index is 12.7. The van der Waals surface area contributed by atoms with Gasteiger partial charge in [-0.1, -0.05) is 49.4 Å². The summed E-state index contributed by atoms with van der Waals surface area (Å²) < 4.78 is 0. The predicted octanol–water partition coefficient (Wildman–Crippen LogP) is 5.25. The van der Waals surface area contributed by atoms with Gasteiger partial charge in [-0.15, -0.1) is 11.3 Å². The molecule has 0 radical (unpaired) electrons. The lowest BCUT2D eigenvalue weighted by atomic mass is 9.95. The predicted molar refractivity (Wildman–Crippen MR) is 100 cm³/mol. The number of amides is 1. The van der Waals surface area contributed by atoms with E-state index in [0.29, 0.717) is 0 Å². The van der Waals surface area contributed by atoms with Gasteiger partial charge in [0.2, 0.25) is 5.91 Å². The highest BCUT2D eigenvalue weighted by Crippen LogP contribution is 2.26. The molecule has 0 aliphatic rings. The average Bonchev–Trinajstić information content (AvgIpc) is 3.03. The molecule has 1 atom stereocenters. The molecule has 3 rings (SSSR count). The van der Waals surface area contributed by atoms with Crippen molar-refractivity contribution in [2.45, 2.75) is 26.2 Å². The zero-order valence-electron chi connectivity index (χ0n) is 13.8. The number of nitrogens with one attached hydrogen (secondary N) is 1. The number of rotatable bonds is 5. The highest BCUT2D eigenvalue weighted by Gasteiger charge is 2.18. The maximum atomic E-state index is 12.7. The fourth-order valence-corrected chi connectivity index (χ4v) is 3.36. The highest BCUT2D eigenvalue weighted by atomic mass is 32.1. The van der Waals surface area contributed by atoms with E-state index in [1.54, 1.807) is 11.3 Å². The van der Waals surface area contributed by atoms with Crippen LogP contribution in [-0.2, 0) is 4.79 Å². The molecule has 1 amide bonds. The minimum Gasteiger partial charge on any atom is -0.326 e. The van der Waals surface area contributed by atoms with E-state index in [9.17, 15) is 4.79 Å². The second kappa shape index (κ2) is 7.41. The maximum Gasteiger partial charge on any atom is 0.231 e. The Morgan fingerprint density at radius 3 is 2.62 bits per heavy atom. The summed E-state index contributed by atoms with van der Waals surface area (Å²) in [5.41, 5.74) is 3.81. The van der Waals surface area contributed by atoms with Gasteiger partial charge in [-0.25, -0.2) is 4.98 Å². The molecule has 1 heterocycles. The van der Waals surface area contributed by atoms with E-state index in [4.69, 9.17) is 0 Å². The van der Waals surface area contributed by atoms with Gasteiger partial charge in [0, 0.05) is 16.6 Å². The lowest BCUT2D eigenvalue weighted by Crippen LogP contribution is -2.20. The summed E-state index contributed by atoms with van der Waals surface area (Å²) in [5.74, 6) is -0.119. The van der Waals surface area contributed by atoms with Gasteiger partial charge in [0.1, 0.15) is 0 Å². The number of hydrogen-bond acceptors (Lipinski definition) is 3. The summed E-state index contributed by atoms with van der Waals surface area (Å²) in [4.78, 5) is 17.2. The van der Waals surface area contributed by atoms with E-state index in [0.717, 1.165) is 33.9 Å². The molecule has 4 heteroatoms. The van der Waals surface area contributed by atoms with E-state index < -0.39 is 0 Å². The number of benzene rings is 2. The largest absolute Gasteiger partial charge is 0.326 e. The van der Waals surface area contributed by atoms with Crippen molar-refractivity contribution in [2.24, 2.45) is 0 Å². The number of nitrogens with zero attached hydrogens (tertiary/aromatic N) is 1. The van der Waals surface area contributed by atoms with Crippen LogP contribution in [0, 0.1) is 6.92 Å². The van der Waals surface area contributed by atoms with Crippen LogP contribution in [0.2, 0.25) is 0 Å². The minimum absolute atomic E-state index is 0.0234. The first-order valence-electron chi connectivity index (χ1n) is 8.05. The van der Waals surface area contributed by atoms with Crippen LogP contribution in [0.4, 0.5) is 5.69 Å². The molecule has 3 aromatic rings. The molecule has 1 aromatic heterocycles. The zero-order chi connectivity index (χ0) is 16.9. The molecule has 122 valence electrons. The van der Waals surface area contributed by atoms with Crippen molar-refractivity contribution in [1.29, 1.82) is 0 Å². The van der Waals surface area contributed by atoms with E-state index in [-0.39, 0.29) is 11.8 Å². The fourth-order valence-electron chi connectivity index (χ4n) is 2.74. The fraction of sp³-hybridized carbons (Fsp3) is 0.200. The number of thiazole rings is 1. The second-order valence-electron chi connectivity index (χ2n) is 5.69. The summed E-state index contributed by atoms with van der Waals surface area (Å²) in [7, 11) is 0. The van der Waals surface area contributed by atoms with Gasteiger partial charge in [0.25, 0.3) is 0 Å². The number of anilines is 1. The third-order valence-electron chi connectivity index (χ3n) is 3.97. The Bertz CT molecular complexity index is 826. The van der Waals surface area contributed by atoms with Crippen molar-refractivity contribution in [3.05, 3.63) is 70.5 Å². The first-order chi connectivity index (χ1) is 11.7. The second-order valence-corrected chi connectivity index (χ2v) is 6.76. The first kappa shape index (κ1) is 16.4. The molecule has 0 bridgehead atoms. The number of hydrogen-bond donors (Lipinski definition) is 1. The van der Waals surface area contributed by atoms with Crippen LogP contribution in [0.1, 0.15) is 29.8 Å². The summed E-state index contributed by atoms with van der Waals surface area (Å²) in [6, 6.07) is 17.8. The Hall–Kier alpha value is -2.46. The molecule has 0 saturated heterocycles. The molecule has 0 aliphatic carbocycles. The van der Waals surface area contributed by atoms with Crippen molar-refractivity contribution in [1.82, 2.24) is 4.98 Å². The molecule has 0 fully saturated rings. The number of aromatic nitrogens is 1. The molecular weight excluding hydrogens is 316 g/mol. The van der Waals surface area contributed by atoms with Gasteiger partial charge in [-0.05, 0) is 31.0 Å². The molecule has 0 saturated carbocycles. The zero-order valence-corrected chi connectivity index (χ0v) is 14.6. The number of carbonyl (C=O) groups is 1. The Kier molecular flexibility index (Phi) is 5.06. The number of carbonyl (C=O) groups excluding carboxylic acids is 1. The van der Waals surface area contributed by atoms with Gasteiger partial charge < -0.3 is 5.32 Å². The third kappa shape index (κ3) is 3.71. The molecule has 3 nitrogen and oxygen atoms in total. The van der Waals surface area contributed by atoms with Gasteiger partial charge in [0.15, 0.2) is 0 Å². The van der Waals surface area contributed by atoms with Crippen molar-refractivity contribution in [2.75, 3.05) is 5.32 Å². The molecule has 2 aromatic carbocycles. The van der Waals surface area contributed by atoms with Crippen molar-refractivity contribution < 1.29 is 4.79 Å². The van der Waals surface area contributed by atoms with Crippen LogP contribution in [0.5, 0.6) is 0 Å². The summed E-state index contributed by atoms with van der Waals surface area (Å²) in [6.45, 7) is 4.03. The first-order valence-corrected chi connectivity index (χ1v) is 8.93.